The molecule has 1 amide bonds. The van der Waals surface area contributed by atoms with Crippen LogP contribution in [0.1, 0.15) is 239 Å². The van der Waals surface area contributed by atoms with E-state index in [4.69, 9.17) is 0 Å². The quantitative estimate of drug-likeness (QED) is 0.0427. The van der Waals surface area contributed by atoms with Crippen LogP contribution in [0.5, 0.6) is 0 Å². The van der Waals surface area contributed by atoms with Crippen LogP contribution in [0, 0.1) is 0 Å². The van der Waals surface area contributed by atoms with Gasteiger partial charge in [0.05, 0.1) is 18.8 Å². The molecule has 55 heavy (non-hydrogen) atoms. The largest absolute Gasteiger partial charge is 0.394 e. The van der Waals surface area contributed by atoms with E-state index in [2.05, 4.69) is 79.9 Å². The lowest BCUT2D eigenvalue weighted by molar-refractivity contribution is -0.123. The molecule has 0 rings (SSSR count). The minimum atomic E-state index is -0.686. The molecule has 0 spiro atoms. The Morgan fingerprint density at radius 3 is 1.13 bits per heavy atom. The van der Waals surface area contributed by atoms with Crippen LogP contribution in [-0.2, 0) is 4.79 Å². The van der Waals surface area contributed by atoms with Gasteiger partial charge in [0.15, 0.2) is 0 Å². The Hall–Kier alpha value is -1.91. The Bertz CT molecular complexity index is 919. The van der Waals surface area contributed by atoms with E-state index < -0.39 is 12.1 Å². The normalized spacial score (nSPS) is 13.5. The van der Waals surface area contributed by atoms with E-state index in [1.807, 2.05) is 0 Å². The molecule has 2 atom stereocenters. The molecule has 3 N–H and O–H groups in total. The maximum absolute atomic E-state index is 12.4. The van der Waals surface area contributed by atoms with Crippen LogP contribution in [0.15, 0.2) is 60.8 Å². The second-order valence-corrected chi connectivity index (χ2v) is 16.2. The maximum atomic E-state index is 12.4. The zero-order chi connectivity index (χ0) is 40.0. The highest BCUT2D eigenvalue weighted by Crippen LogP contribution is 2.17. The van der Waals surface area contributed by atoms with E-state index in [1.165, 1.54) is 154 Å². The van der Waals surface area contributed by atoms with Crippen molar-refractivity contribution in [1.82, 2.24) is 5.32 Å². The number of aliphatic hydroxyl groups is 2. The molecule has 320 valence electrons. The fourth-order valence-electron chi connectivity index (χ4n) is 7.16. The first-order valence-corrected chi connectivity index (χ1v) is 24.0. The number of rotatable bonds is 43. The number of hydrogen-bond donors (Lipinski definition) is 3. The zero-order valence-corrected chi connectivity index (χ0v) is 36.7. The Labute approximate surface area is 343 Å². The molecule has 4 nitrogen and oxygen atoms in total. The molecule has 0 bridgehead atoms. The minimum absolute atomic E-state index is 0.0875. The number of aliphatic hydroxyl groups excluding tert-OH is 2. The van der Waals surface area contributed by atoms with Gasteiger partial charge in [-0.15, -0.1) is 0 Å². The first kappa shape index (κ1) is 53.1. The molecule has 0 aliphatic heterocycles. The summed E-state index contributed by atoms with van der Waals surface area (Å²) in [5.74, 6) is -0.0875. The van der Waals surface area contributed by atoms with Crippen molar-refractivity contribution in [2.24, 2.45) is 0 Å². The number of amides is 1. The molecular weight excluding hydrogens is 675 g/mol. The highest BCUT2D eigenvalue weighted by molar-refractivity contribution is 5.76. The summed E-state index contributed by atoms with van der Waals surface area (Å²) >= 11 is 0. The Morgan fingerprint density at radius 1 is 0.455 bits per heavy atom. The van der Waals surface area contributed by atoms with E-state index >= 15 is 0 Å². The fraction of sp³-hybridized carbons (Fsp3) is 0.784. The molecule has 0 fully saturated rings. The predicted octanol–water partition coefficient (Wildman–Crippen LogP) is 15.3. The molecule has 0 aromatic carbocycles. The third kappa shape index (κ3) is 43.1. The fourth-order valence-corrected chi connectivity index (χ4v) is 7.16. The van der Waals surface area contributed by atoms with Crippen molar-refractivity contribution in [3.05, 3.63) is 60.8 Å². The van der Waals surface area contributed by atoms with Crippen LogP contribution in [0.2, 0.25) is 0 Å². The monoisotopic (exact) mass is 768 g/mol. The van der Waals surface area contributed by atoms with Gasteiger partial charge < -0.3 is 15.5 Å². The number of hydrogen-bond acceptors (Lipinski definition) is 3. The van der Waals surface area contributed by atoms with Crippen LogP contribution in [0.3, 0.4) is 0 Å². The van der Waals surface area contributed by atoms with Crippen molar-refractivity contribution < 1.29 is 15.0 Å². The molecule has 0 aliphatic rings. The van der Waals surface area contributed by atoms with E-state index in [-0.39, 0.29) is 12.5 Å². The van der Waals surface area contributed by atoms with Gasteiger partial charge in [-0.3, -0.25) is 4.79 Å². The standard InChI is InChI=1S/C51H93NO3/c1-3-5-7-9-11-13-15-17-19-21-22-23-24-25-26-27-28-29-31-32-34-36-38-40-42-44-46-50(54)49(48-53)52-51(55)47-45-43-41-39-37-35-33-30-20-18-16-14-12-10-8-6-4-2/h6,8,12,14,18,20,33,35,39,41,49-50,53-54H,3-5,7,9-11,13,15-17,19,21-32,34,36-38,40,42-48H2,1-2H3,(H,52,55)/b8-6-,14-12-,20-18-,35-33-,41-39-. The smallest absolute Gasteiger partial charge is 0.220 e. The second kappa shape index (κ2) is 46.5. The number of carbonyl (C=O) groups excluding carboxylic acids is 1. The van der Waals surface area contributed by atoms with Gasteiger partial charge in [-0.2, -0.15) is 0 Å². The van der Waals surface area contributed by atoms with Gasteiger partial charge in [-0.1, -0.05) is 242 Å². The molecule has 2 unspecified atom stereocenters. The predicted molar refractivity (Wildman–Crippen MR) is 244 cm³/mol. The summed E-state index contributed by atoms with van der Waals surface area (Å²) in [7, 11) is 0. The van der Waals surface area contributed by atoms with Crippen molar-refractivity contribution in [3.63, 3.8) is 0 Å². The molecule has 0 radical (unpaired) electrons. The minimum Gasteiger partial charge on any atom is -0.394 e. The molecule has 0 heterocycles. The molecule has 0 saturated carbocycles. The summed E-state index contributed by atoms with van der Waals surface area (Å²) in [6.07, 6.45) is 64.7. The molecule has 0 aliphatic carbocycles. The van der Waals surface area contributed by atoms with Crippen molar-refractivity contribution >= 4 is 5.91 Å². The molecule has 0 aromatic heterocycles. The van der Waals surface area contributed by atoms with Gasteiger partial charge in [0.2, 0.25) is 5.91 Å². The lowest BCUT2D eigenvalue weighted by Gasteiger charge is -2.22. The molecular formula is C51H93NO3. The summed E-state index contributed by atoms with van der Waals surface area (Å²) in [6, 6.07) is -0.569. The van der Waals surface area contributed by atoms with Gasteiger partial charge in [0.1, 0.15) is 0 Å². The average molecular weight is 768 g/mol. The van der Waals surface area contributed by atoms with Gasteiger partial charge in [0.25, 0.3) is 0 Å². The van der Waals surface area contributed by atoms with Crippen LogP contribution in [0.4, 0.5) is 0 Å². The van der Waals surface area contributed by atoms with Crippen molar-refractivity contribution in [1.29, 1.82) is 0 Å². The van der Waals surface area contributed by atoms with E-state index in [9.17, 15) is 15.0 Å². The lowest BCUT2D eigenvalue weighted by Crippen LogP contribution is -2.45. The number of allylic oxidation sites excluding steroid dienone is 10. The van der Waals surface area contributed by atoms with Crippen LogP contribution >= 0.6 is 0 Å². The summed E-state index contributed by atoms with van der Waals surface area (Å²) < 4.78 is 0. The number of carbonyl (C=O) groups is 1. The highest BCUT2D eigenvalue weighted by atomic mass is 16.3. The third-order valence-corrected chi connectivity index (χ3v) is 10.8. The highest BCUT2D eigenvalue weighted by Gasteiger charge is 2.19. The zero-order valence-electron chi connectivity index (χ0n) is 36.7. The lowest BCUT2D eigenvalue weighted by atomic mass is 10.0. The second-order valence-electron chi connectivity index (χ2n) is 16.2. The Morgan fingerprint density at radius 2 is 0.782 bits per heavy atom. The number of nitrogens with one attached hydrogen (secondary N) is 1. The summed E-state index contributed by atoms with van der Waals surface area (Å²) in [6.45, 7) is 4.23. The SMILES string of the molecule is CC/C=C\C/C=C\C/C=C\C/C=C\C/C=C\CCCC(=O)NC(CO)C(O)CCCCCCCCCCCCCCCCCCCCCCCCCCCC. The van der Waals surface area contributed by atoms with Gasteiger partial charge in [0, 0.05) is 6.42 Å². The topological polar surface area (TPSA) is 69.6 Å². The molecule has 0 saturated heterocycles. The average Bonchev–Trinajstić information content (AvgIpc) is 3.19. The maximum Gasteiger partial charge on any atom is 0.220 e. The van der Waals surface area contributed by atoms with Gasteiger partial charge >= 0.3 is 0 Å². The third-order valence-electron chi connectivity index (χ3n) is 10.8. The van der Waals surface area contributed by atoms with Gasteiger partial charge in [-0.05, 0) is 51.4 Å². The van der Waals surface area contributed by atoms with Crippen molar-refractivity contribution in [3.8, 4) is 0 Å². The van der Waals surface area contributed by atoms with Gasteiger partial charge in [-0.25, -0.2) is 0 Å². The first-order chi connectivity index (χ1) is 27.2. The summed E-state index contributed by atoms with van der Waals surface area (Å²) in [5.41, 5.74) is 0. The van der Waals surface area contributed by atoms with E-state index in [0.717, 1.165) is 57.8 Å². The summed E-state index contributed by atoms with van der Waals surface area (Å²) in [4.78, 5) is 12.4. The number of unbranched alkanes of at least 4 members (excludes halogenated alkanes) is 26. The molecule has 0 aromatic rings. The van der Waals surface area contributed by atoms with Crippen LogP contribution in [0.25, 0.3) is 0 Å². The molecule has 4 heteroatoms. The Kier molecular flexibility index (Phi) is 44.9. The van der Waals surface area contributed by atoms with Crippen LogP contribution in [-0.4, -0.2) is 34.9 Å². The van der Waals surface area contributed by atoms with E-state index in [0.29, 0.717) is 12.8 Å². The Balaban J connectivity index is 3.54. The first-order valence-electron chi connectivity index (χ1n) is 24.0. The summed E-state index contributed by atoms with van der Waals surface area (Å²) in [5, 5.41) is 23.2. The van der Waals surface area contributed by atoms with E-state index in [1.54, 1.807) is 0 Å². The van der Waals surface area contributed by atoms with Crippen LogP contribution < -0.4 is 5.32 Å². The van der Waals surface area contributed by atoms with Crippen molar-refractivity contribution in [2.45, 2.75) is 251 Å². The van der Waals surface area contributed by atoms with Crippen molar-refractivity contribution in [2.75, 3.05) is 6.61 Å².